The molecule has 7 nitrogen and oxygen atoms in total. The number of aliphatic hydroxyl groups excluding tert-OH is 1. The van der Waals surface area contributed by atoms with Crippen LogP contribution in [0.2, 0.25) is 0 Å². The van der Waals surface area contributed by atoms with Crippen molar-refractivity contribution < 1.29 is 24.1 Å². The predicted octanol–water partition coefficient (Wildman–Crippen LogP) is 3.97. The van der Waals surface area contributed by atoms with Gasteiger partial charge in [-0.2, -0.15) is 0 Å². The van der Waals surface area contributed by atoms with Crippen molar-refractivity contribution >= 4 is 5.78 Å². The fourth-order valence-corrected chi connectivity index (χ4v) is 6.18. The number of nitrogens with zero attached hydrogens (tertiary/aromatic N) is 2. The second kappa shape index (κ2) is 10.6. The van der Waals surface area contributed by atoms with Crippen molar-refractivity contribution in [1.82, 2.24) is 9.97 Å². The maximum Gasteiger partial charge on any atom is 0.164 e. The van der Waals surface area contributed by atoms with Crippen LogP contribution in [0.25, 0.3) is 0 Å². The summed E-state index contributed by atoms with van der Waals surface area (Å²) >= 11 is 0. The van der Waals surface area contributed by atoms with Gasteiger partial charge in [0.1, 0.15) is 18.1 Å². The van der Waals surface area contributed by atoms with Crippen LogP contribution >= 0.6 is 0 Å². The van der Waals surface area contributed by atoms with Gasteiger partial charge in [0.25, 0.3) is 0 Å². The zero-order chi connectivity index (χ0) is 23.3. The molecule has 0 spiro atoms. The number of ether oxygens (including phenoxy) is 3. The molecule has 33 heavy (non-hydrogen) atoms. The summed E-state index contributed by atoms with van der Waals surface area (Å²) in [4.78, 5) is 20.8. The smallest absolute Gasteiger partial charge is 0.164 e. The van der Waals surface area contributed by atoms with Crippen LogP contribution in [0.15, 0.2) is 36.9 Å². The lowest BCUT2D eigenvalue weighted by Crippen LogP contribution is -2.51. The van der Waals surface area contributed by atoms with E-state index in [0.29, 0.717) is 18.1 Å². The van der Waals surface area contributed by atoms with Crippen molar-refractivity contribution in [2.45, 2.75) is 51.7 Å². The molecule has 2 aromatic heterocycles. The summed E-state index contributed by atoms with van der Waals surface area (Å²) in [6.07, 6.45) is 14.1. The van der Waals surface area contributed by atoms with Gasteiger partial charge in [0.15, 0.2) is 5.78 Å². The molecule has 0 unspecified atom stereocenters. The van der Waals surface area contributed by atoms with Gasteiger partial charge in [-0.1, -0.05) is 0 Å². The number of carbonyl (C=O) groups excluding carboxylic acids is 1. The molecule has 4 fully saturated rings. The molecule has 0 aliphatic heterocycles. The summed E-state index contributed by atoms with van der Waals surface area (Å²) in [6.45, 7) is 0.663. The Kier molecular flexibility index (Phi) is 7.60. The molecular weight excluding hydrogens is 420 g/mol. The van der Waals surface area contributed by atoms with E-state index in [1.165, 1.54) is 19.3 Å². The Morgan fingerprint density at radius 3 is 1.94 bits per heavy atom. The number of Topliss-reactive ketones (excluding diaryl/α,β-unsaturated/α-hetero) is 1. The Morgan fingerprint density at radius 2 is 1.42 bits per heavy atom. The molecule has 4 saturated carbocycles. The maximum absolute atomic E-state index is 12.8. The molecule has 178 valence electrons. The summed E-state index contributed by atoms with van der Waals surface area (Å²) in [5, 5.41) is 8.66. The number of ketones is 1. The Labute approximate surface area is 195 Å². The first kappa shape index (κ1) is 23.6. The van der Waals surface area contributed by atoms with Crippen LogP contribution in [0, 0.1) is 23.2 Å². The van der Waals surface area contributed by atoms with Crippen LogP contribution in [0.4, 0.5) is 0 Å². The number of hydrogen-bond acceptors (Lipinski definition) is 7. The molecule has 6 rings (SSSR count). The molecule has 2 heterocycles. The van der Waals surface area contributed by atoms with Crippen molar-refractivity contribution in [3.63, 3.8) is 0 Å². The quantitative estimate of drug-likeness (QED) is 0.645. The molecule has 4 aliphatic rings. The highest BCUT2D eigenvalue weighted by molar-refractivity contribution is 5.86. The summed E-state index contributed by atoms with van der Waals surface area (Å²) in [6, 6.07) is 3.65. The summed E-state index contributed by atoms with van der Waals surface area (Å²) in [5.41, 5.74) is 1.66. The topological polar surface area (TPSA) is 90.8 Å². The second-order valence-electron chi connectivity index (χ2n) is 9.74. The Morgan fingerprint density at radius 1 is 0.909 bits per heavy atom. The third-order valence-corrected chi connectivity index (χ3v) is 7.33. The van der Waals surface area contributed by atoms with E-state index in [1.54, 1.807) is 45.1 Å². The number of hydrogen-bond donors (Lipinski definition) is 1. The lowest BCUT2D eigenvalue weighted by atomic mass is 9.48. The SMILES string of the molecule is COc1cncc(CO)c1.COc1cncc(COCC(=O)C23CC4CC(CC(C4)C2)C3)c1. The number of aliphatic hydroxyl groups is 1. The van der Waals surface area contributed by atoms with Crippen LogP contribution in [0.5, 0.6) is 11.5 Å². The zero-order valence-electron chi connectivity index (χ0n) is 19.5. The van der Waals surface area contributed by atoms with Gasteiger partial charge in [0, 0.05) is 17.8 Å². The Balaban J connectivity index is 0.000000219. The van der Waals surface area contributed by atoms with Gasteiger partial charge in [-0.05, 0) is 79.5 Å². The molecule has 0 atom stereocenters. The molecule has 0 radical (unpaired) electrons. The summed E-state index contributed by atoms with van der Waals surface area (Å²) in [5.74, 6) is 4.13. The van der Waals surface area contributed by atoms with Gasteiger partial charge in [-0.25, -0.2) is 0 Å². The number of aromatic nitrogens is 2. The molecule has 2 aromatic rings. The molecule has 0 amide bonds. The number of carbonyl (C=O) groups is 1. The summed E-state index contributed by atoms with van der Waals surface area (Å²) in [7, 11) is 3.19. The number of pyridine rings is 2. The first-order valence-corrected chi connectivity index (χ1v) is 11.7. The van der Waals surface area contributed by atoms with Crippen molar-refractivity contribution in [1.29, 1.82) is 0 Å². The molecular formula is C26H34N2O5. The van der Waals surface area contributed by atoms with Crippen molar-refractivity contribution in [3.8, 4) is 11.5 Å². The second-order valence-corrected chi connectivity index (χ2v) is 9.74. The standard InChI is InChI=1S/C19H25NO3.C7H9NO2/c1-22-17-5-16(9-20-10-17)11-23-12-18(21)19-6-13-2-14(7-19)4-15(3-13)8-19;1-10-7-2-6(5-9)3-8-4-7/h5,9-10,13-15H,2-4,6-8,11-12H2,1H3;2-4,9H,5H2,1H3. The molecule has 7 heteroatoms. The van der Waals surface area contributed by atoms with E-state index in [2.05, 4.69) is 9.97 Å². The van der Waals surface area contributed by atoms with Crippen LogP contribution in [0.3, 0.4) is 0 Å². The normalized spacial score (nSPS) is 26.9. The average molecular weight is 455 g/mol. The third-order valence-electron chi connectivity index (χ3n) is 7.33. The molecule has 4 aliphatic carbocycles. The van der Waals surface area contributed by atoms with Gasteiger partial charge in [0.05, 0.1) is 39.8 Å². The largest absolute Gasteiger partial charge is 0.495 e. The van der Waals surface area contributed by atoms with Crippen LogP contribution < -0.4 is 9.47 Å². The lowest BCUT2D eigenvalue weighted by Gasteiger charge is -2.55. The first-order chi connectivity index (χ1) is 16.0. The molecule has 0 saturated heterocycles. The number of rotatable bonds is 8. The Hall–Kier alpha value is -2.51. The van der Waals surface area contributed by atoms with E-state index in [9.17, 15) is 4.79 Å². The van der Waals surface area contributed by atoms with E-state index < -0.39 is 0 Å². The monoisotopic (exact) mass is 454 g/mol. The third kappa shape index (κ3) is 5.71. The summed E-state index contributed by atoms with van der Waals surface area (Å²) < 4.78 is 15.8. The fourth-order valence-electron chi connectivity index (χ4n) is 6.18. The van der Waals surface area contributed by atoms with Crippen LogP contribution in [0.1, 0.15) is 49.7 Å². The van der Waals surface area contributed by atoms with Crippen molar-refractivity contribution in [3.05, 3.63) is 48.0 Å². The van der Waals surface area contributed by atoms with Crippen LogP contribution in [-0.4, -0.2) is 41.7 Å². The maximum atomic E-state index is 12.8. The van der Waals surface area contributed by atoms with E-state index in [0.717, 1.165) is 53.9 Å². The zero-order valence-corrected chi connectivity index (χ0v) is 19.5. The molecule has 4 bridgehead atoms. The van der Waals surface area contributed by atoms with Gasteiger partial charge in [-0.15, -0.1) is 0 Å². The van der Waals surface area contributed by atoms with Gasteiger partial charge in [0.2, 0.25) is 0 Å². The minimum atomic E-state index is -0.0542. The lowest BCUT2D eigenvalue weighted by molar-refractivity contribution is -0.149. The minimum Gasteiger partial charge on any atom is -0.495 e. The highest BCUT2D eigenvalue weighted by atomic mass is 16.5. The highest BCUT2D eigenvalue weighted by Crippen LogP contribution is 2.60. The molecule has 0 aromatic carbocycles. The van der Waals surface area contributed by atoms with E-state index in [4.69, 9.17) is 19.3 Å². The number of methoxy groups -OCH3 is 2. The fraction of sp³-hybridized carbons (Fsp3) is 0.577. The van der Waals surface area contributed by atoms with E-state index in [-0.39, 0.29) is 18.6 Å². The van der Waals surface area contributed by atoms with Crippen LogP contribution in [-0.2, 0) is 22.7 Å². The van der Waals surface area contributed by atoms with Gasteiger partial charge >= 0.3 is 0 Å². The van der Waals surface area contributed by atoms with Gasteiger partial charge < -0.3 is 19.3 Å². The molecule has 1 N–H and O–H groups in total. The minimum absolute atomic E-state index is 0.00417. The van der Waals surface area contributed by atoms with Crippen molar-refractivity contribution in [2.24, 2.45) is 23.2 Å². The van der Waals surface area contributed by atoms with E-state index >= 15 is 0 Å². The predicted molar refractivity (Wildman–Crippen MR) is 123 cm³/mol. The Bertz CT molecular complexity index is 893. The average Bonchev–Trinajstić information content (AvgIpc) is 2.83. The van der Waals surface area contributed by atoms with E-state index in [1.807, 2.05) is 6.07 Å². The first-order valence-electron chi connectivity index (χ1n) is 11.7. The highest BCUT2D eigenvalue weighted by Gasteiger charge is 2.54. The van der Waals surface area contributed by atoms with Crippen molar-refractivity contribution in [2.75, 3.05) is 20.8 Å². The van der Waals surface area contributed by atoms with Gasteiger partial charge in [-0.3, -0.25) is 14.8 Å².